The SMILES string of the molecule is CN1CCC(NC(=O)CCC2CCC(N)CC2)C1=O. The van der Waals surface area contributed by atoms with Gasteiger partial charge in [-0.05, 0) is 44.4 Å². The quantitative estimate of drug-likeness (QED) is 0.784. The lowest BCUT2D eigenvalue weighted by atomic mass is 9.84. The van der Waals surface area contributed by atoms with E-state index in [0.29, 0.717) is 18.4 Å². The Labute approximate surface area is 114 Å². The van der Waals surface area contributed by atoms with Gasteiger partial charge in [-0.15, -0.1) is 0 Å². The van der Waals surface area contributed by atoms with Crippen molar-refractivity contribution in [3.8, 4) is 0 Å². The third kappa shape index (κ3) is 3.93. The Morgan fingerprint density at radius 1 is 1.32 bits per heavy atom. The van der Waals surface area contributed by atoms with Gasteiger partial charge in [-0.3, -0.25) is 9.59 Å². The number of hydrogen-bond acceptors (Lipinski definition) is 3. The summed E-state index contributed by atoms with van der Waals surface area (Å²) in [4.78, 5) is 25.2. The van der Waals surface area contributed by atoms with Crippen LogP contribution in [0, 0.1) is 5.92 Å². The molecule has 0 aromatic heterocycles. The number of likely N-dealkylation sites (N-methyl/N-ethyl adjacent to an activating group) is 1. The second kappa shape index (κ2) is 6.37. The van der Waals surface area contributed by atoms with Gasteiger partial charge < -0.3 is 16.0 Å². The van der Waals surface area contributed by atoms with E-state index < -0.39 is 0 Å². The Morgan fingerprint density at radius 2 is 2.00 bits per heavy atom. The molecule has 1 atom stereocenters. The van der Waals surface area contributed by atoms with Gasteiger partial charge in [-0.25, -0.2) is 0 Å². The number of rotatable bonds is 4. The first kappa shape index (κ1) is 14.3. The molecule has 2 rings (SSSR count). The Bertz CT molecular complexity index is 338. The Hall–Kier alpha value is -1.10. The first-order valence-electron chi connectivity index (χ1n) is 7.36. The van der Waals surface area contributed by atoms with E-state index in [1.165, 1.54) is 0 Å². The maximum atomic E-state index is 11.9. The van der Waals surface area contributed by atoms with Crippen LogP contribution in [0.5, 0.6) is 0 Å². The standard InChI is InChI=1S/C14H25N3O2/c1-17-9-8-12(14(17)19)16-13(18)7-4-10-2-5-11(15)6-3-10/h10-12H,2-9,15H2,1H3,(H,16,18). The lowest BCUT2D eigenvalue weighted by Crippen LogP contribution is -2.40. The van der Waals surface area contributed by atoms with E-state index in [-0.39, 0.29) is 17.9 Å². The minimum Gasteiger partial charge on any atom is -0.344 e. The molecule has 1 saturated carbocycles. The number of carbonyl (C=O) groups excluding carboxylic acids is 2. The second-order valence-corrected chi connectivity index (χ2v) is 5.99. The zero-order valence-corrected chi connectivity index (χ0v) is 11.7. The van der Waals surface area contributed by atoms with Crippen LogP contribution in [-0.4, -0.2) is 42.4 Å². The number of nitrogens with zero attached hydrogens (tertiary/aromatic N) is 1. The molecule has 0 spiro atoms. The summed E-state index contributed by atoms with van der Waals surface area (Å²) < 4.78 is 0. The molecule has 1 aliphatic carbocycles. The maximum Gasteiger partial charge on any atom is 0.244 e. The molecule has 108 valence electrons. The molecule has 0 radical (unpaired) electrons. The van der Waals surface area contributed by atoms with Crippen molar-refractivity contribution in [2.75, 3.05) is 13.6 Å². The average molecular weight is 267 g/mol. The van der Waals surface area contributed by atoms with Crippen molar-refractivity contribution >= 4 is 11.8 Å². The predicted molar refractivity (Wildman–Crippen MR) is 73.4 cm³/mol. The number of nitrogens with one attached hydrogen (secondary N) is 1. The molecule has 2 fully saturated rings. The van der Waals surface area contributed by atoms with Crippen LogP contribution in [-0.2, 0) is 9.59 Å². The fraction of sp³-hybridized carbons (Fsp3) is 0.857. The summed E-state index contributed by atoms with van der Waals surface area (Å²) in [5, 5.41) is 2.85. The summed E-state index contributed by atoms with van der Waals surface area (Å²) in [6, 6.07) is 0.0639. The number of amides is 2. The Kier molecular flexibility index (Phi) is 4.80. The lowest BCUT2D eigenvalue weighted by molar-refractivity contribution is -0.131. The summed E-state index contributed by atoms with van der Waals surface area (Å²) in [6.07, 6.45) is 6.64. The van der Waals surface area contributed by atoms with Gasteiger partial charge >= 0.3 is 0 Å². The molecule has 5 heteroatoms. The third-order valence-electron chi connectivity index (χ3n) is 4.43. The number of nitrogens with two attached hydrogens (primary N) is 1. The molecule has 19 heavy (non-hydrogen) atoms. The van der Waals surface area contributed by atoms with Crippen LogP contribution in [0.2, 0.25) is 0 Å². The normalized spacial score (nSPS) is 31.6. The van der Waals surface area contributed by atoms with E-state index in [1.54, 1.807) is 11.9 Å². The first-order valence-corrected chi connectivity index (χ1v) is 7.36. The molecule has 1 heterocycles. The smallest absolute Gasteiger partial charge is 0.244 e. The van der Waals surface area contributed by atoms with Gasteiger partial charge in [0, 0.05) is 26.1 Å². The summed E-state index contributed by atoms with van der Waals surface area (Å²) >= 11 is 0. The topological polar surface area (TPSA) is 75.4 Å². The van der Waals surface area contributed by atoms with Gasteiger partial charge in [0.15, 0.2) is 0 Å². The molecular formula is C14H25N3O2. The number of carbonyl (C=O) groups is 2. The third-order valence-corrected chi connectivity index (χ3v) is 4.43. The zero-order chi connectivity index (χ0) is 13.8. The number of likely N-dealkylation sites (tertiary alicyclic amines) is 1. The largest absolute Gasteiger partial charge is 0.344 e. The van der Waals surface area contributed by atoms with E-state index in [1.807, 2.05) is 0 Å². The van der Waals surface area contributed by atoms with Crippen molar-refractivity contribution in [1.82, 2.24) is 10.2 Å². The molecular weight excluding hydrogens is 242 g/mol. The Balaban J connectivity index is 1.66. The molecule has 0 aromatic carbocycles. The van der Waals surface area contributed by atoms with Crippen molar-refractivity contribution in [1.29, 1.82) is 0 Å². The maximum absolute atomic E-state index is 11.9. The van der Waals surface area contributed by atoms with E-state index in [0.717, 1.165) is 45.1 Å². The highest BCUT2D eigenvalue weighted by Crippen LogP contribution is 2.26. The van der Waals surface area contributed by atoms with Crippen molar-refractivity contribution in [2.24, 2.45) is 11.7 Å². The summed E-state index contributed by atoms with van der Waals surface area (Å²) in [5.41, 5.74) is 5.87. The first-order chi connectivity index (χ1) is 9.06. The minimum atomic E-state index is -0.294. The van der Waals surface area contributed by atoms with Crippen molar-refractivity contribution in [2.45, 2.75) is 57.0 Å². The summed E-state index contributed by atoms with van der Waals surface area (Å²) in [6.45, 7) is 0.740. The highest BCUT2D eigenvalue weighted by Gasteiger charge is 2.30. The highest BCUT2D eigenvalue weighted by atomic mass is 16.2. The van der Waals surface area contributed by atoms with Crippen LogP contribution >= 0.6 is 0 Å². The van der Waals surface area contributed by atoms with Crippen LogP contribution < -0.4 is 11.1 Å². The molecule has 2 aliphatic rings. The van der Waals surface area contributed by atoms with Gasteiger partial charge in [-0.1, -0.05) is 0 Å². The summed E-state index contributed by atoms with van der Waals surface area (Å²) in [5.74, 6) is 0.688. The van der Waals surface area contributed by atoms with Crippen molar-refractivity contribution < 1.29 is 9.59 Å². The van der Waals surface area contributed by atoms with E-state index in [2.05, 4.69) is 5.32 Å². The van der Waals surface area contributed by atoms with Gasteiger partial charge in [0.25, 0.3) is 0 Å². The van der Waals surface area contributed by atoms with Gasteiger partial charge in [0.1, 0.15) is 6.04 Å². The monoisotopic (exact) mass is 267 g/mol. The van der Waals surface area contributed by atoms with Crippen molar-refractivity contribution in [3.63, 3.8) is 0 Å². The summed E-state index contributed by atoms with van der Waals surface area (Å²) in [7, 11) is 1.78. The fourth-order valence-electron chi connectivity index (χ4n) is 3.03. The molecule has 5 nitrogen and oxygen atoms in total. The van der Waals surface area contributed by atoms with Gasteiger partial charge in [0.2, 0.25) is 11.8 Å². The van der Waals surface area contributed by atoms with Crippen LogP contribution in [0.3, 0.4) is 0 Å². The van der Waals surface area contributed by atoms with Gasteiger partial charge in [0.05, 0.1) is 0 Å². The van der Waals surface area contributed by atoms with E-state index in [4.69, 9.17) is 5.73 Å². The molecule has 0 bridgehead atoms. The van der Waals surface area contributed by atoms with E-state index >= 15 is 0 Å². The highest BCUT2D eigenvalue weighted by molar-refractivity contribution is 5.88. The number of hydrogen-bond donors (Lipinski definition) is 2. The molecule has 1 saturated heterocycles. The average Bonchev–Trinajstić information content (AvgIpc) is 2.70. The molecule has 1 aliphatic heterocycles. The molecule has 1 unspecified atom stereocenters. The second-order valence-electron chi connectivity index (χ2n) is 5.99. The molecule has 2 amide bonds. The van der Waals surface area contributed by atoms with Crippen LogP contribution in [0.1, 0.15) is 44.9 Å². The Morgan fingerprint density at radius 3 is 2.58 bits per heavy atom. The fourth-order valence-corrected chi connectivity index (χ4v) is 3.03. The predicted octanol–water partition coefficient (Wildman–Crippen LogP) is 0.631. The lowest BCUT2D eigenvalue weighted by Gasteiger charge is -2.25. The zero-order valence-electron chi connectivity index (χ0n) is 11.7. The van der Waals surface area contributed by atoms with Crippen molar-refractivity contribution in [3.05, 3.63) is 0 Å². The molecule has 0 aromatic rings. The molecule has 3 N–H and O–H groups in total. The minimum absolute atomic E-state index is 0.0171. The van der Waals surface area contributed by atoms with Crippen LogP contribution in [0.25, 0.3) is 0 Å². The van der Waals surface area contributed by atoms with Gasteiger partial charge in [-0.2, -0.15) is 0 Å². The van der Waals surface area contributed by atoms with E-state index in [9.17, 15) is 9.59 Å². The van der Waals surface area contributed by atoms with Crippen LogP contribution in [0.15, 0.2) is 0 Å². The van der Waals surface area contributed by atoms with Crippen LogP contribution in [0.4, 0.5) is 0 Å².